The molecule has 0 saturated heterocycles. The summed E-state index contributed by atoms with van der Waals surface area (Å²) in [5.74, 6) is 1.25. The van der Waals surface area contributed by atoms with Crippen LogP contribution < -0.4 is 16.0 Å². The maximum Gasteiger partial charge on any atom is 0.336 e. The molecular formula is C27H24N4O4. The Labute approximate surface area is 201 Å². The molecule has 0 aliphatic carbocycles. The molecule has 0 atom stereocenters. The van der Waals surface area contributed by atoms with E-state index in [1.54, 1.807) is 24.3 Å². The van der Waals surface area contributed by atoms with E-state index in [0.29, 0.717) is 40.3 Å². The summed E-state index contributed by atoms with van der Waals surface area (Å²) in [5, 5.41) is 4.53. The molecule has 0 bridgehead atoms. The molecule has 2 aromatic heterocycles. The zero-order valence-corrected chi connectivity index (χ0v) is 19.7. The van der Waals surface area contributed by atoms with Crippen molar-refractivity contribution in [3.05, 3.63) is 105 Å². The fraction of sp³-hybridized carbons (Fsp3) is 0.185. The van der Waals surface area contributed by atoms with Gasteiger partial charge >= 0.3 is 5.69 Å². The molecule has 0 aliphatic rings. The van der Waals surface area contributed by atoms with Crippen LogP contribution in [0.1, 0.15) is 23.9 Å². The SMILES string of the molecule is CCOc1ccccc1-c1noc(Cn2c(=O)n(-c3cc(C)cc(C)c3)c(=O)c3ccccc32)n1. The second kappa shape index (κ2) is 9.06. The number of nitrogens with zero attached hydrogens (tertiary/aromatic N) is 4. The molecule has 3 aromatic carbocycles. The highest BCUT2D eigenvalue weighted by atomic mass is 16.5. The van der Waals surface area contributed by atoms with Crippen LogP contribution in [0.4, 0.5) is 0 Å². The van der Waals surface area contributed by atoms with Crippen LogP contribution in [0.5, 0.6) is 5.75 Å². The standard InChI is InChI=1S/C27H24N4O4/c1-4-34-23-12-8-6-10-21(23)25-28-24(35-29-25)16-30-22-11-7-5-9-20(22)26(32)31(27(30)33)19-14-17(2)13-18(3)15-19/h5-15H,4,16H2,1-3H3. The lowest BCUT2D eigenvalue weighted by Crippen LogP contribution is -2.39. The molecular weight excluding hydrogens is 444 g/mol. The molecule has 0 amide bonds. The first-order chi connectivity index (χ1) is 17.0. The number of rotatable bonds is 6. The zero-order valence-electron chi connectivity index (χ0n) is 19.7. The normalized spacial score (nSPS) is 11.2. The molecule has 8 heteroatoms. The Hall–Kier alpha value is -4.46. The van der Waals surface area contributed by atoms with Gasteiger partial charge in [0.2, 0.25) is 11.7 Å². The van der Waals surface area contributed by atoms with Gasteiger partial charge in [-0.1, -0.05) is 35.5 Å². The molecule has 8 nitrogen and oxygen atoms in total. The summed E-state index contributed by atoms with van der Waals surface area (Å²) in [5.41, 5.74) is 2.78. The van der Waals surface area contributed by atoms with Crippen molar-refractivity contribution in [3.8, 4) is 22.8 Å². The Bertz CT molecular complexity index is 1640. The molecule has 176 valence electrons. The van der Waals surface area contributed by atoms with Crippen LogP contribution in [0.25, 0.3) is 28.0 Å². The van der Waals surface area contributed by atoms with Gasteiger partial charge < -0.3 is 9.26 Å². The minimum absolute atomic E-state index is 0.00816. The number of ether oxygens (including phenoxy) is 1. The minimum Gasteiger partial charge on any atom is -0.493 e. The van der Waals surface area contributed by atoms with Crippen molar-refractivity contribution in [3.63, 3.8) is 0 Å². The van der Waals surface area contributed by atoms with E-state index in [0.717, 1.165) is 11.1 Å². The summed E-state index contributed by atoms with van der Waals surface area (Å²) in [6, 6.07) is 20.1. The Morgan fingerprint density at radius 1 is 0.943 bits per heavy atom. The van der Waals surface area contributed by atoms with Gasteiger partial charge in [0.25, 0.3) is 5.56 Å². The molecule has 0 aliphatic heterocycles. The second-order valence-electron chi connectivity index (χ2n) is 8.31. The second-order valence-corrected chi connectivity index (χ2v) is 8.31. The number of fused-ring (bicyclic) bond motifs is 1. The Balaban J connectivity index is 1.65. The van der Waals surface area contributed by atoms with Crippen LogP contribution in [0.3, 0.4) is 0 Å². The molecule has 35 heavy (non-hydrogen) atoms. The van der Waals surface area contributed by atoms with Gasteiger partial charge in [-0.3, -0.25) is 9.36 Å². The molecule has 0 spiro atoms. The van der Waals surface area contributed by atoms with E-state index in [4.69, 9.17) is 9.26 Å². The lowest BCUT2D eigenvalue weighted by molar-refractivity contribution is 0.340. The fourth-order valence-electron chi connectivity index (χ4n) is 4.28. The van der Waals surface area contributed by atoms with Gasteiger partial charge in [0.15, 0.2) is 0 Å². The predicted molar refractivity (Wildman–Crippen MR) is 133 cm³/mol. The first kappa shape index (κ1) is 22.3. The minimum atomic E-state index is -0.479. The Kier molecular flexibility index (Phi) is 5.78. The predicted octanol–water partition coefficient (Wildman–Crippen LogP) is 4.27. The van der Waals surface area contributed by atoms with Gasteiger partial charge in [0.1, 0.15) is 12.3 Å². The van der Waals surface area contributed by atoms with Crippen molar-refractivity contribution in [1.82, 2.24) is 19.3 Å². The highest BCUT2D eigenvalue weighted by Crippen LogP contribution is 2.27. The largest absolute Gasteiger partial charge is 0.493 e. The summed E-state index contributed by atoms with van der Waals surface area (Å²) in [6.45, 7) is 6.28. The van der Waals surface area contributed by atoms with E-state index in [1.165, 1.54) is 9.13 Å². The lowest BCUT2D eigenvalue weighted by atomic mass is 10.1. The smallest absolute Gasteiger partial charge is 0.336 e. The summed E-state index contributed by atoms with van der Waals surface area (Å²) in [4.78, 5) is 31.5. The first-order valence-corrected chi connectivity index (χ1v) is 11.3. The maximum atomic E-state index is 13.7. The number of benzene rings is 3. The van der Waals surface area contributed by atoms with E-state index in [9.17, 15) is 9.59 Å². The van der Waals surface area contributed by atoms with E-state index in [-0.39, 0.29) is 18.0 Å². The number of hydrogen-bond donors (Lipinski definition) is 0. The molecule has 0 radical (unpaired) electrons. The van der Waals surface area contributed by atoms with Gasteiger partial charge in [0.05, 0.1) is 28.8 Å². The zero-order chi connectivity index (χ0) is 24.5. The molecule has 5 rings (SSSR count). The van der Waals surface area contributed by atoms with E-state index in [1.807, 2.05) is 63.2 Å². The van der Waals surface area contributed by atoms with E-state index < -0.39 is 5.69 Å². The van der Waals surface area contributed by atoms with Gasteiger partial charge in [-0.25, -0.2) is 9.36 Å². The number of hydrogen-bond acceptors (Lipinski definition) is 6. The summed E-state index contributed by atoms with van der Waals surface area (Å²) < 4.78 is 13.9. The highest BCUT2D eigenvalue weighted by Gasteiger charge is 2.18. The number of aromatic nitrogens is 4. The van der Waals surface area contributed by atoms with Crippen LogP contribution in [-0.2, 0) is 6.54 Å². The lowest BCUT2D eigenvalue weighted by Gasteiger charge is -2.13. The number of aryl methyl sites for hydroxylation is 2. The van der Waals surface area contributed by atoms with Crippen molar-refractivity contribution in [2.75, 3.05) is 6.61 Å². The van der Waals surface area contributed by atoms with E-state index >= 15 is 0 Å². The van der Waals surface area contributed by atoms with Crippen LogP contribution in [0.15, 0.2) is 80.8 Å². The topological polar surface area (TPSA) is 92.2 Å². The molecule has 0 fully saturated rings. The summed E-state index contributed by atoms with van der Waals surface area (Å²) >= 11 is 0. The van der Waals surface area contributed by atoms with Crippen molar-refractivity contribution in [2.45, 2.75) is 27.3 Å². The van der Waals surface area contributed by atoms with Gasteiger partial charge in [-0.05, 0) is 68.3 Å². The Morgan fingerprint density at radius 3 is 2.43 bits per heavy atom. The van der Waals surface area contributed by atoms with Crippen LogP contribution >= 0.6 is 0 Å². The molecule has 5 aromatic rings. The van der Waals surface area contributed by atoms with Crippen molar-refractivity contribution in [1.29, 1.82) is 0 Å². The number of para-hydroxylation sites is 2. The Morgan fingerprint density at radius 2 is 1.66 bits per heavy atom. The van der Waals surface area contributed by atoms with Gasteiger partial charge in [-0.2, -0.15) is 4.98 Å². The van der Waals surface area contributed by atoms with Crippen LogP contribution in [-0.4, -0.2) is 25.9 Å². The summed E-state index contributed by atoms with van der Waals surface area (Å²) in [6.07, 6.45) is 0. The quantitative estimate of drug-likeness (QED) is 0.370. The third-order valence-electron chi connectivity index (χ3n) is 5.70. The summed E-state index contributed by atoms with van der Waals surface area (Å²) in [7, 11) is 0. The van der Waals surface area contributed by atoms with Crippen molar-refractivity contribution < 1.29 is 9.26 Å². The molecule has 0 saturated carbocycles. The van der Waals surface area contributed by atoms with Crippen LogP contribution in [0, 0.1) is 13.8 Å². The van der Waals surface area contributed by atoms with Crippen LogP contribution in [0.2, 0.25) is 0 Å². The maximum absolute atomic E-state index is 13.7. The average molecular weight is 469 g/mol. The molecule has 0 N–H and O–H groups in total. The fourth-order valence-corrected chi connectivity index (χ4v) is 4.28. The first-order valence-electron chi connectivity index (χ1n) is 11.3. The third-order valence-corrected chi connectivity index (χ3v) is 5.70. The van der Waals surface area contributed by atoms with E-state index in [2.05, 4.69) is 10.1 Å². The average Bonchev–Trinajstić information content (AvgIpc) is 3.30. The molecule has 0 unspecified atom stereocenters. The van der Waals surface area contributed by atoms with Crippen molar-refractivity contribution in [2.24, 2.45) is 0 Å². The monoisotopic (exact) mass is 468 g/mol. The third kappa shape index (κ3) is 4.14. The highest BCUT2D eigenvalue weighted by molar-refractivity contribution is 5.78. The van der Waals surface area contributed by atoms with Gasteiger partial charge in [-0.15, -0.1) is 0 Å². The van der Waals surface area contributed by atoms with Gasteiger partial charge in [0, 0.05) is 0 Å². The molecule has 2 heterocycles. The van der Waals surface area contributed by atoms with Crippen molar-refractivity contribution >= 4 is 10.9 Å².